The van der Waals surface area contributed by atoms with Gasteiger partial charge in [-0.15, -0.1) is 0 Å². The number of hydrogen-bond donors (Lipinski definition) is 6. The van der Waals surface area contributed by atoms with Crippen molar-refractivity contribution >= 4 is 51.0 Å². The number of carbonyl (C=O) groups excluding carboxylic acids is 1. The Bertz CT molecular complexity index is 1110. The number of sulfonamides is 1. The molecule has 192 valence electrons. The molecule has 0 spiro atoms. The van der Waals surface area contributed by atoms with Crippen LogP contribution in [-0.4, -0.2) is 60.2 Å². The number of nitrogens with one attached hydrogen (secondary N) is 5. The summed E-state index contributed by atoms with van der Waals surface area (Å²) >= 11 is 12.1. The fourth-order valence-corrected chi connectivity index (χ4v) is 6.00. The van der Waals surface area contributed by atoms with Crippen LogP contribution in [0.2, 0.25) is 10.0 Å². The molecule has 1 aromatic heterocycles. The number of rotatable bonds is 13. The second kappa shape index (κ2) is 12.0. The number of aromatic amines is 1. The molecule has 1 aliphatic rings. The van der Waals surface area contributed by atoms with Crippen LogP contribution in [0.5, 0.6) is 0 Å². The van der Waals surface area contributed by atoms with Crippen LogP contribution in [0.15, 0.2) is 35.5 Å². The van der Waals surface area contributed by atoms with Gasteiger partial charge in [-0.1, -0.05) is 29.3 Å². The Hall–Kier alpha value is -2.42. The fourth-order valence-electron chi connectivity index (χ4n) is 3.54. The number of aliphatic carboxylic acids is 1. The van der Waals surface area contributed by atoms with Crippen LogP contribution in [-0.2, 0) is 24.4 Å². The van der Waals surface area contributed by atoms with Gasteiger partial charge in [-0.05, 0) is 37.8 Å². The van der Waals surface area contributed by atoms with Gasteiger partial charge in [0.1, 0.15) is 4.90 Å². The predicted molar refractivity (Wildman–Crippen MR) is 128 cm³/mol. The van der Waals surface area contributed by atoms with Crippen molar-refractivity contribution in [2.75, 3.05) is 18.4 Å². The molecule has 2 atom stereocenters. The first kappa shape index (κ1) is 27.2. The maximum atomic E-state index is 13.2. The van der Waals surface area contributed by atoms with Crippen LogP contribution in [0.4, 0.5) is 5.95 Å². The number of benzene rings is 1. The molecule has 3 rings (SSSR count). The van der Waals surface area contributed by atoms with E-state index in [1.54, 1.807) is 12.4 Å². The summed E-state index contributed by atoms with van der Waals surface area (Å²) in [7, 11) is -4.56. The summed E-state index contributed by atoms with van der Waals surface area (Å²) in [6.07, 6.45) is 3.59. The first-order chi connectivity index (χ1) is 16.6. The van der Waals surface area contributed by atoms with E-state index in [9.17, 15) is 23.1 Å². The van der Waals surface area contributed by atoms with E-state index in [0.29, 0.717) is 31.9 Å². The van der Waals surface area contributed by atoms with Crippen molar-refractivity contribution in [2.24, 2.45) is 0 Å². The molecule has 2 unspecified atom stereocenters. The Labute approximate surface area is 212 Å². The van der Waals surface area contributed by atoms with E-state index in [1.165, 1.54) is 18.2 Å². The fraction of sp³-hybridized carbons (Fsp3) is 0.450. The largest absolute Gasteiger partial charge is 0.478 e. The number of aromatic nitrogens is 2. The second-order valence-electron chi connectivity index (χ2n) is 7.86. The number of unbranched alkanes of at least 4 members (excludes halogenated alkanes) is 1. The molecular weight excluding hydrogens is 523 g/mol. The van der Waals surface area contributed by atoms with Gasteiger partial charge in [0.2, 0.25) is 21.6 Å². The number of hydrogen-bond acceptors (Lipinski definition) is 8. The highest BCUT2D eigenvalue weighted by Crippen LogP contribution is 2.30. The number of H-pyrrole nitrogens is 1. The average Bonchev–Trinajstić information content (AvgIpc) is 3.47. The predicted octanol–water partition coefficient (Wildman–Crippen LogP) is 1.86. The van der Waals surface area contributed by atoms with E-state index < -0.39 is 38.6 Å². The third-order valence-electron chi connectivity index (χ3n) is 5.21. The molecule has 0 aliphatic carbocycles. The molecule has 1 amide bonds. The van der Waals surface area contributed by atoms with Gasteiger partial charge in [-0.25, -0.2) is 23.7 Å². The molecular formula is C20H26Cl2N6O6S. The van der Waals surface area contributed by atoms with Gasteiger partial charge in [0.15, 0.2) is 5.95 Å². The first-order valence-electron chi connectivity index (χ1n) is 10.8. The molecule has 1 saturated heterocycles. The van der Waals surface area contributed by atoms with Crippen molar-refractivity contribution < 1.29 is 28.0 Å². The third-order valence-corrected chi connectivity index (χ3v) is 7.66. The van der Waals surface area contributed by atoms with Gasteiger partial charge >= 0.3 is 5.97 Å². The molecule has 0 radical (unpaired) electrons. The highest BCUT2D eigenvalue weighted by molar-refractivity contribution is 7.89. The van der Waals surface area contributed by atoms with Crippen LogP contribution in [0, 0.1) is 0 Å². The average molecular weight is 549 g/mol. The Morgan fingerprint density at radius 1 is 1.26 bits per heavy atom. The monoisotopic (exact) mass is 548 g/mol. The number of carbonyl (C=O) groups is 2. The smallest absolute Gasteiger partial charge is 0.345 e. The van der Waals surface area contributed by atoms with Gasteiger partial charge in [0.05, 0.1) is 22.6 Å². The van der Waals surface area contributed by atoms with Gasteiger partial charge < -0.3 is 20.7 Å². The van der Waals surface area contributed by atoms with Crippen molar-refractivity contribution in [3.05, 3.63) is 40.6 Å². The third kappa shape index (κ3) is 7.29. The number of amides is 1. The van der Waals surface area contributed by atoms with E-state index in [2.05, 4.69) is 30.8 Å². The summed E-state index contributed by atoms with van der Waals surface area (Å²) in [5, 5.41) is 15.1. The van der Waals surface area contributed by atoms with E-state index in [0.717, 1.165) is 0 Å². The molecule has 12 nitrogen and oxygen atoms in total. The molecule has 2 aromatic rings. The number of imidazole rings is 1. The van der Waals surface area contributed by atoms with Gasteiger partial charge in [0.25, 0.3) is 0 Å². The lowest BCUT2D eigenvalue weighted by molar-refractivity contribution is -0.149. The van der Waals surface area contributed by atoms with Crippen LogP contribution in [0.3, 0.4) is 0 Å². The van der Waals surface area contributed by atoms with Gasteiger partial charge in [0, 0.05) is 25.5 Å². The standard InChI is InChI=1S/C20H26Cl2N6O6S/c21-14-4-3-5-15(22)17(14)35(32,33)28-20(18(30)31,27-16(29)12-13-6-9-26-34-13)7-1-2-8-23-19-24-10-11-25-19/h3-5,10-11,13,26,28H,1-2,6-9,12H2,(H,27,29)(H,30,31)(H2,23,24,25). The lowest BCUT2D eigenvalue weighted by Crippen LogP contribution is -2.65. The highest BCUT2D eigenvalue weighted by atomic mass is 35.5. The zero-order valence-corrected chi connectivity index (χ0v) is 20.8. The van der Waals surface area contributed by atoms with Crippen LogP contribution in [0.25, 0.3) is 0 Å². The summed E-state index contributed by atoms with van der Waals surface area (Å²) in [5.74, 6) is -1.73. The second-order valence-corrected chi connectivity index (χ2v) is 10.3. The van der Waals surface area contributed by atoms with Crippen molar-refractivity contribution in [3.63, 3.8) is 0 Å². The molecule has 0 bridgehead atoms. The Balaban J connectivity index is 1.79. The molecule has 6 N–H and O–H groups in total. The van der Waals surface area contributed by atoms with Gasteiger partial charge in [-0.2, -0.15) is 4.72 Å². The first-order valence-corrected chi connectivity index (χ1v) is 13.0. The Morgan fingerprint density at radius 2 is 2.00 bits per heavy atom. The number of hydroxylamine groups is 1. The minimum Gasteiger partial charge on any atom is -0.478 e. The molecule has 0 saturated carbocycles. The quantitative estimate of drug-likeness (QED) is 0.161. The number of nitrogens with zero attached hydrogens (tertiary/aromatic N) is 1. The number of carboxylic acids is 1. The van der Waals surface area contributed by atoms with E-state index in [1.807, 2.05) is 0 Å². The molecule has 2 heterocycles. The zero-order chi connectivity index (χ0) is 25.5. The van der Waals surface area contributed by atoms with Gasteiger partial charge in [-0.3, -0.25) is 9.63 Å². The molecule has 15 heteroatoms. The van der Waals surface area contributed by atoms with Crippen molar-refractivity contribution in [1.29, 1.82) is 0 Å². The summed E-state index contributed by atoms with van der Waals surface area (Å²) in [6.45, 7) is 0.976. The van der Waals surface area contributed by atoms with Crippen molar-refractivity contribution in [1.82, 2.24) is 25.5 Å². The van der Waals surface area contributed by atoms with Crippen LogP contribution >= 0.6 is 23.2 Å². The van der Waals surface area contributed by atoms with Crippen LogP contribution < -0.4 is 20.8 Å². The zero-order valence-electron chi connectivity index (χ0n) is 18.5. The maximum absolute atomic E-state index is 13.2. The molecule has 1 fully saturated rings. The summed E-state index contributed by atoms with van der Waals surface area (Å²) in [4.78, 5) is 36.8. The van der Waals surface area contributed by atoms with E-state index in [4.69, 9.17) is 28.0 Å². The summed E-state index contributed by atoms with van der Waals surface area (Å²) in [6, 6.07) is 4.08. The minimum absolute atomic E-state index is 0.156. The number of anilines is 1. The van der Waals surface area contributed by atoms with Crippen molar-refractivity contribution in [3.8, 4) is 0 Å². The minimum atomic E-state index is -4.56. The Morgan fingerprint density at radius 3 is 2.60 bits per heavy atom. The topological polar surface area (TPSA) is 175 Å². The Kier molecular flexibility index (Phi) is 9.33. The maximum Gasteiger partial charge on any atom is 0.345 e. The number of carboxylic acid groups (broad SMARTS) is 1. The number of halogens is 2. The summed E-state index contributed by atoms with van der Waals surface area (Å²) < 4.78 is 28.6. The normalized spacial score (nSPS) is 17.6. The molecule has 35 heavy (non-hydrogen) atoms. The SMILES string of the molecule is O=C(CC1CCNO1)NC(CCCCNc1ncc[nH]1)(NS(=O)(=O)c1c(Cl)cccc1Cl)C(=O)O. The molecule has 1 aliphatic heterocycles. The van der Waals surface area contributed by atoms with E-state index >= 15 is 0 Å². The highest BCUT2D eigenvalue weighted by Gasteiger charge is 2.44. The van der Waals surface area contributed by atoms with Crippen molar-refractivity contribution in [2.45, 2.75) is 48.8 Å². The summed E-state index contributed by atoms with van der Waals surface area (Å²) in [5.41, 5.74) is 0.292. The van der Waals surface area contributed by atoms with E-state index in [-0.39, 0.29) is 29.3 Å². The van der Waals surface area contributed by atoms with Crippen LogP contribution in [0.1, 0.15) is 32.1 Å². The lowest BCUT2D eigenvalue weighted by Gasteiger charge is -2.32. The molecule has 1 aromatic carbocycles. The lowest BCUT2D eigenvalue weighted by atomic mass is 10.0.